The van der Waals surface area contributed by atoms with Crippen molar-refractivity contribution in [2.75, 3.05) is 5.75 Å². The molecule has 1 amide bonds. The molecule has 4 fully saturated rings. The number of carbonyl (C=O) groups excluding carboxylic acids is 1. The van der Waals surface area contributed by atoms with E-state index >= 15 is 0 Å². The Bertz CT molecular complexity index is 815. The summed E-state index contributed by atoms with van der Waals surface area (Å²) in [5.41, 5.74) is 1.98. The van der Waals surface area contributed by atoms with Crippen LogP contribution < -0.4 is 5.32 Å². The Morgan fingerprint density at radius 1 is 1.00 bits per heavy atom. The van der Waals surface area contributed by atoms with Gasteiger partial charge >= 0.3 is 0 Å². The van der Waals surface area contributed by atoms with E-state index in [2.05, 4.69) is 43.4 Å². The van der Waals surface area contributed by atoms with Crippen LogP contribution in [0.4, 0.5) is 0 Å². The Morgan fingerprint density at radius 2 is 1.75 bits per heavy atom. The minimum atomic E-state index is -0.0654. The molecule has 0 aliphatic heterocycles. The van der Waals surface area contributed by atoms with E-state index in [0.29, 0.717) is 17.2 Å². The molecule has 8 atom stereocenters. The first-order valence-corrected chi connectivity index (χ1v) is 14.1. The second kappa shape index (κ2) is 8.98. The van der Waals surface area contributed by atoms with Crippen LogP contribution in [0.1, 0.15) is 77.2 Å². The molecule has 6 unspecified atom stereocenters. The number of hydrogen-bond donors (Lipinski definition) is 2. The molecule has 0 saturated heterocycles. The van der Waals surface area contributed by atoms with Gasteiger partial charge in [-0.3, -0.25) is 4.79 Å². The first-order valence-electron chi connectivity index (χ1n) is 13.0. The molecule has 0 aromatic heterocycles. The largest absolute Gasteiger partial charge is 0.393 e. The number of aliphatic hydroxyl groups excluding tert-OH is 1. The smallest absolute Gasteiger partial charge is 0.230 e. The van der Waals surface area contributed by atoms with Crippen molar-refractivity contribution in [2.24, 2.45) is 34.5 Å². The number of amides is 1. The van der Waals surface area contributed by atoms with E-state index in [9.17, 15) is 9.90 Å². The normalized spacial score (nSPS) is 43.1. The molecule has 4 aliphatic rings. The predicted octanol–water partition coefficient (Wildman–Crippen LogP) is 5.81. The fourth-order valence-corrected chi connectivity index (χ4v) is 9.34. The van der Waals surface area contributed by atoms with E-state index < -0.39 is 0 Å². The van der Waals surface area contributed by atoms with Crippen LogP contribution in [-0.4, -0.2) is 28.9 Å². The van der Waals surface area contributed by atoms with Gasteiger partial charge < -0.3 is 10.4 Å². The lowest BCUT2D eigenvalue weighted by Gasteiger charge is -2.60. The van der Waals surface area contributed by atoms with Crippen molar-refractivity contribution < 1.29 is 9.90 Å². The van der Waals surface area contributed by atoms with Crippen LogP contribution in [0, 0.1) is 34.5 Å². The Morgan fingerprint density at radius 3 is 2.56 bits per heavy atom. The zero-order chi connectivity index (χ0) is 22.3. The van der Waals surface area contributed by atoms with Gasteiger partial charge in [0.25, 0.3) is 0 Å². The van der Waals surface area contributed by atoms with E-state index in [0.717, 1.165) is 48.7 Å². The second-order valence-corrected chi connectivity index (χ2v) is 12.8. The molecule has 1 aromatic carbocycles. The van der Waals surface area contributed by atoms with Crippen LogP contribution in [-0.2, 0) is 10.5 Å². The quantitative estimate of drug-likeness (QED) is 0.589. The standard InChI is InChI=1S/C28H41NO2S/c1-27-14-12-21(30)16-20(27)8-9-22-23-10-11-25(28(23,2)15-13-24(22)27)29-26(31)18-32-17-19-6-4-3-5-7-19/h3-7,20-25,30H,8-18H2,1-2H3,(H,29,31)/t20?,21?,22?,23?,24?,25?,27-,28-/m0/s1. The first kappa shape index (κ1) is 22.8. The molecule has 1 aromatic rings. The molecule has 3 nitrogen and oxygen atoms in total. The Hall–Kier alpha value is -1.00. The van der Waals surface area contributed by atoms with Crippen molar-refractivity contribution in [3.63, 3.8) is 0 Å². The molecule has 4 aliphatic carbocycles. The van der Waals surface area contributed by atoms with Gasteiger partial charge in [-0.1, -0.05) is 44.2 Å². The van der Waals surface area contributed by atoms with Gasteiger partial charge in [0, 0.05) is 11.8 Å². The highest BCUT2D eigenvalue weighted by Crippen LogP contribution is 2.66. The zero-order valence-electron chi connectivity index (χ0n) is 19.9. The highest BCUT2D eigenvalue weighted by molar-refractivity contribution is 7.99. The van der Waals surface area contributed by atoms with Crippen LogP contribution >= 0.6 is 11.8 Å². The Labute approximate surface area is 198 Å². The van der Waals surface area contributed by atoms with Crippen LogP contribution in [0.15, 0.2) is 30.3 Å². The first-order chi connectivity index (χ1) is 15.4. The molecule has 32 heavy (non-hydrogen) atoms. The van der Waals surface area contributed by atoms with Crippen molar-refractivity contribution >= 4 is 17.7 Å². The third-order valence-electron chi connectivity index (χ3n) is 10.3. The maximum Gasteiger partial charge on any atom is 0.230 e. The summed E-state index contributed by atoms with van der Waals surface area (Å²) in [5, 5.41) is 13.7. The third kappa shape index (κ3) is 4.04. The van der Waals surface area contributed by atoms with Crippen LogP contribution in [0.25, 0.3) is 0 Å². The van der Waals surface area contributed by atoms with Crippen LogP contribution in [0.5, 0.6) is 0 Å². The minimum absolute atomic E-state index is 0.0654. The summed E-state index contributed by atoms with van der Waals surface area (Å²) in [5.74, 6) is 4.79. The highest BCUT2D eigenvalue weighted by atomic mass is 32.2. The van der Waals surface area contributed by atoms with Gasteiger partial charge in [-0.2, -0.15) is 0 Å². The number of fused-ring (bicyclic) bond motifs is 5. The van der Waals surface area contributed by atoms with E-state index in [1.807, 2.05) is 6.07 Å². The molecular formula is C28H41NO2S. The average Bonchev–Trinajstić information content (AvgIpc) is 3.11. The van der Waals surface area contributed by atoms with Crippen molar-refractivity contribution in [3.8, 4) is 0 Å². The molecule has 0 heterocycles. The van der Waals surface area contributed by atoms with Crippen LogP contribution in [0.3, 0.4) is 0 Å². The second-order valence-electron chi connectivity index (χ2n) is 11.8. The van der Waals surface area contributed by atoms with Gasteiger partial charge in [-0.25, -0.2) is 0 Å². The van der Waals surface area contributed by atoms with Crippen molar-refractivity contribution in [2.45, 2.75) is 89.5 Å². The lowest BCUT2D eigenvalue weighted by Crippen LogP contribution is -2.56. The van der Waals surface area contributed by atoms with Gasteiger partial charge in [-0.15, -0.1) is 11.8 Å². The molecule has 2 N–H and O–H groups in total. The Balaban J connectivity index is 1.20. The van der Waals surface area contributed by atoms with Gasteiger partial charge in [0.05, 0.1) is 11.9 Å². The lowest BCUT2D eigenvalue weighted by atomic mass is 9.45. The van der Waals surface area contributed by atoms with Gasteiger partial charge in [0.15, 0.2) is 0 Å². The SMILES string of the molecule is C[C@]12CCC(O)CC1CCC1C2CC[C@]2(C)C(NC(=O)CSCc3ccccc3)CCC12. The number of carbonyl (C=O) groups is 1. The van der Waals surface area contributed by atoms with Crippen molar-refractivity contribution in [1.82, 2.24) is 5.32 Å². The van der Waals surface area contributed by atoms with Crippen molar-refractivity contribution in [3.05, 3.63) is 35.9 Å². The monoisotopic (exact) mass is 455 g/mol. The summed E-state index contributed by atoms with van der Waals surface area (Å²) in [6.07, 6.45) is 10.8. The number of aliphatic hydroxyl groups is 1. The van der Waals surface area contributed by atoms with E-state index in [1.54, 1.807) is 11.8 Å². The minimum Gasteiger partial charge on any atom is -0.393 e. The molecule has 5 rings (SSSR count). The van der Waals surface area contributed by atoms with Gasteiger partial charge in [0.1, 0.15) is 0 Å². The third-order valence-corrected chi connectivity index (χ3v) is 11.3. The summed E-state index contributed by atoms with van der Waals surface area (Å²) in [6, 6.07) is 10.8. The maximum absolute atomic E-state index is 12.8. The fourth-order valence-electron chi connectivity index (χ4n) is 8.54. The van der Waals surface area contributed by atoms with E-state index in [1.165, 1.54) is 44.1 Å². The summed E-state index contributed by atoms with van der Waals surface area (Å²) in [4.78, 5) is 12.8. The molecule has 0 spiro atoms. The lowest BCUT2D eigenvalue weighted by molar-refractivity contribution is -0.128. The summed E-state index contributed by atoms with van der Waals surface area (Å²) < 4.78 is 0. The topological polar surface area (TPSA) is 49.3 Å². The number of hydrogen-bond acceptors (Lipinski definition) is 3. The maximum atomic E-state index is 12.8. The van der Waals surface area contributed by atoms with Gasteiger partial charge in [0.2, 0.25) is 5.91 Å². The molecule has 4 heteroatoms. The molecule has 0 bridgehead atoms. The summed E-state index contributed by atoms with van der Waals surface area (Å²) in [6.45, 7) is 5.04. The number of benzene rings is 1. The number of rotatable bonds is 5. The van der Waals surface area contributed by atoms with Crippen LogP contribution in [0.2, 0.25) is 0 Å². The molecule has 0 radical (unpaired) electrons. The fraction of sp³-hybridized carbons (Fsp3) is 0.750. The Kier molecular flexibility index (Phi) is 6.39. The van der Waals surface area contributed by atoms with E-state index in [-0.39, 0.29) is 17.4 Å². The summed E-state index contributed by atoms with van der Waals surface area (Å²) >= 11 is 1.72. The number of thioether (sulfide) groups is 1. The van der Waals surface area contributed by atoms with Crippen molar-refractivity contribution in [1.29, 1.82) is 0 Å². The summed E-state index contributed by atoms with van der Waals surface area (Å²) in [7, 11) is 0. The predicted molar refractivity (Wildman–Crippen MR) is 132 cm³/mol. The number of nitrogens with one attached hydrogen (secondary N) is 1. The molecule has 176 valence electrons. The van der Waals surface area contributed by atoms with E-state index in [4.69, 9.17) is 0 Å². The average molecular weight is 456 g/mol. The molecule has 4 saturated carbocycles. The zero-order valence-corrected chi connectivity index (χ0v) is 20.7. The highest BCUT2D eigenvalue weighted by Gasteiger charge is 2.60. The molecular weight excluding hydrogens is 414 g/mol. The van der Waals surface area contributed by atoms with Gasteiger partial charge in [-0.05, 0) is 97.9 Å².